The lowest BCUT2D eigenvalue weighted by Gasteiger charge is -2.12. The van der Waals surface area contributed by atoms with Gasteiger partial charge in [-0.2, -0.15) is 0 Å². The minimum absolute atomic E-state index is 0.772. The molecule has 0 N–H and O–H groups in total. The van der Waals surface area contributed by atoms with Gasteiger partial charge in [0.15, 0.2) is 0 Å². The second-order valence-electron chi connectivity index (χ2n) is 3.97. The van der Waals surface area contributed by atoms with E-state index >= 15 is 0 Å². The molecular formula is C14H32O4Si2. The molecule has 0 aromatic heterocycles. The number of hydrogen-bond donors (Lipinski definition) is 0. The van der Waals surface area contributed by atoms with E-state index in [0.29, 0.717) is 0 Å². The van der Waals surface area contributed by atoms with Crippen molar-refractivity contribution in [1.82, 2.24) is 0 Å². The molecule has 0 saturated heterocycles. The predicted molar refractivity (Wildman–Crippen MR) is 90.8 cm³/mol. The van der Waals surface area contributed by atoms with Gasteiger partial charge < -0.3 is 17.7 Å². The van der Waals surface area contributed by atoms with Crippen LogP contribution in [0.3, 0.4) is 0 Å². The Labute approximate surface area is 128 Å². The highest BCUT2D eigenvalue weighted by molar-refractivity contribution is 6.44. The van der Waals surface area contributed by atoms with E-state index in [4.69, 9.17) is 17.7 Å². The topological polar surface area (TPSA) is 36.9 Å². The molecule has 0 amide bonds. The zero-order chi connectivity index (χ0) is 15.6. The van der Waals surface area contributed by atoms with E-state index in [-0.39, 0.29) is 0 Å². The van der Waals surface area contributed by atoms with Gasteiger partial charge in [0.25, 0.3) is 0 Å². The molecule has 0 heterocycles. The molecule has 0 radical (unpaired) electrons. The summed E-state index contributed by atoms with van der Waals surface area (Å²) in [6, 6.07) is 2.07. The minimum atomic E-state index is -1.32. The van der Waals surface area contributed by atoms with Crippen LogP contribution < -0.4 is 0 Å². The predicted octanol–water partition coefficient (Wildman–Crippen LogP) is 2.93. The second kappa shape index (κ2) is 18.8. The first kappa shape index (κ1) is 22.0. The molecule has 0 aliphatic rings. The van der Waals surface area contributed by atoms with Gasteiger partial charge in [-0.1, -0.05) is 12.2 Å². The summed E-state index contributed by atoms with van der Waals surface area (Å²) in [6.07, 6.45) is 5.81. The van der Waals surface area contributed by atoms with Gasteiger partial charge in [0, 0.05) is 27.4 Å². The van der Waals surface area contributed by atoms with Crippen LogP contribution >= 0.6 is 0 Å². The van der Waals surface area contributed by atoms with Gasteiger partial charge in [0.2, 0.25) is 0 Å². The number of rotatable bonds is 12. The Morgan fingerprint density at radius 3 is 1.50 bits per heavy atom. The van der Waals surface area contributed by atoms with Crippen LogP contribution in [0.25, 0.3) is 0 Å². The standard InChI is InChI=1S/C8H18O2Si.C6H14O2Si/c1-4-7-8-11(9-5-2)10-6-3;1-4-5-6-9(7-2)8-3/h4,11H,1,5-8H2,2-3H3;4,9H,1,5-6H2,2-3H3. The first-order valence-electron chi connectivity index (χ1n) is 7.20. The van der Waals surface area contributed by atoms with E-state index in [0.717, 1.165) is 38.1 Å². The molecule has 0 atom stereocenters. The Bertz CT molecular complexity index is 205. The highest BCUT2D eigenvalue weighted by Gasteiger charge is 2.09. The number of allylic oxidation sites excluding steroid dienone is 2. The van der Waals surface area contributed by atoms with E-state index in [1.54, 1.807) is 14.2 Å². The van der Waals surface area contributed by atoms with Crippen molar-refractivity contribution < 1.29 is 17.7 Å². The Morgan fingerprint density at radius 1 is 0.800 bits per heavy atom. The van der Waals surface area contributed by atoms with Crippen LogP contribution in [0.15, 0.2) is 25.3 Å². The lowest BCUT2D eigenvalue weighted by molar-refractivity contribution is 0.213. The van der Waals surface area contributed by atoms with Crippen LogP contribution in [-0.2, 0) is 17.7 Å². The van der Waals surface area contributed by atoms with Crippen LogP contribution in [0.1, 0.15) is 26.7 Å². The first-order chi connectivity index (χ1) is 9.69. The van der Waals surface area contributed by atoms with Gasteiger partial charge in [-0.25, -0.2) is 0 Å². The summed E-state index contributed by atoms with van der Waals surface area (Å²) in [5.74, 6) is 0. The van der Waals surface area contributed by atoms with Gasteiger partial charge in [-0.15, -0.1) is 13.2 Å². The molecule has 20 heavy (non-hydrogen) atoms. The lowest BCUT2D eigenvalue weighted by Crippen LogP contribution is -2.22. The molecule has 4 nitrogen and oxygen atoms in total. The van der Waals surface area contributed by atoms with E-state index in [1.165, 1.54) is 0 Å². The largest absolute Gasteiger partial charge is 0.400 e. The third-order valence-electron chi connectivity index (χ3n) is 2.44. The van der Waals surface area contributed by atoms with Gasteiger partial charge in [-0.05, 0) is 38.8 Å². The average Bonchev–Trinajstić information content (AvgIpc) is 2.47. The normalized spacial score (nSPS) is 10.3. The van der Waals surface area contributed by atoms with Crippen LogP contribution in [0.2, 0.25) is 12.1 Å². The van der Waals surface area contributed by atoms with Crippen LogP contribution in [0.4, 0.5) is 0 Å². The summed E-state index contributed by atoms with van der Waals surface area (Å²) in [5.41, 5.74) is 0. The summed E-state index contributed by atoms with van der Waals surface area (Å²) in [4.78, 5) is 0. The minimum Gasteiger partial charge on any atom is -0.400 e. The molecule has 0 bridgehead atoms. The Morgan fingerprint density at radius 2 is 1.20 bits per heavy atom. The van der Waals surface area contributed by atoms with Crippen molar-refractivity contribution in [3.8, 4) is 0 Å². The maximum absolute atomic E-state index is 5.45. The molecule has 0 aliphatic heterocycles. The fraction of sp³-hybridized carbons (Fsp3) is 0.714. The van der Waals surface area contributed by atoms with Crippen molar-refractivity contribution >= 4 is 18.6 Å². The van der Waals surface area contributed by atoms with E-state index in [1.807, 2.05) is 26.0 Å². The fourth-order valence-electron chi connectivity index (χ4n) is 1.43. The summed E-state index contributed by atoms with van der Waals surface area (Å²) < 4.78 is 21.0. The van der Waals surface area contributed by atoms with Crippen LogP contribution in [0, 0.1) is 0 Å². The van der Waals surface area contributed by atoms with Crippen molar-refractivity contribution in [3.63, 3.8) is 0 Å². The van der Waals surface area contributed by atoms with Crippen molar-refractivity contribution in [1.29, 1.82) is 0 Å². The van der Waals surface area contributed by atoms with E-state index < -0.39 is 18.6 Å². The molecule has 0 rings (SSSR count). The quantitative estimate of drug-likeness (QED) is 0.409. The molecule has 0 aromatic carbocycles. The summed E-state index contributed by atoms with van der Waals surface area (Å²) in [5, 5.41) is 0. The molecule has 0 fully saturated rings. The van der Waals surface area contributed by atoms with Crippen molar-refractivity contribution in [2.24, 2.45) is 0 Å². The molecule has 0 aliphatic carbocycles. The second-order valence-corrected chi connectivity index (χ2v) is 8.46. The maximum atomic E-state index is 5.45. The molecule has 0 aromatic rings. The zero-order valence-corrected chi connectivity index (χ0v) is 15.9. The Balaban J connectivity index is 0. The first-order valence-corrected chi connectivity index (χ1v) is 10.7. The van der Waals surface area contributed by atoms with Crippen LogP contribution in [0.5, 0.6) is 0 Å². The Kier molecular flexibility index (Phi) is 20.7. The fourth-order valence-corrected chi connectivity index (χ4v) is 4.28. The molecule has 0 saturated carbocycles. The van der Waals surface area contributed by atoms with Crippen molar-refractivity contribution in [2.45, 2.75) is 38.8 Å². The van der Waals surface area contributed by atoms with Gasteiger partial charge in [0.1, 0.15) is 0 Å². The van der Waals surface area contributed by atoms with E-state index in [2.05, 4.69) is 13.2 Å². The third-order valence-corrected chi connectivity index (χ3v) is 6.52. The molecule has 0 spiro atoms. The number of hydrogen-bond acceptors (Lipinski definition) is 4. The molecule has 6 heteroatoms. The SMILES string of the molecule is C=CCC[SiH](OC)OC.C=CCC[SiH](OCC)OCC. The van der Waals surface area contributed by atoms with Crippen molar-refractivity contribution in [2.75, 3.05) is 27.4 Å². The van der Waals surface area contributed by atoms with Crippen LogP contribution in [-0.4, -0.2) is 46.0 Å². The van der Waals surface area contributed by atoms with Gasteiger partial charge in [0.05, 0.1) is 0 Å². The molecular weight excluding hydrogens is 288 g/mol. The van der Waals surface area contributed by atoms with Crippen molar-refractivity contribution in [3.05, 3.63) is 25.3 Å². The average molecular weight is 321 g/mol. The summed E-state index contributed by atoms with van der Waals surface area (Å²) >= 11 is 0. The smallest absolute Gasteiger partial charge is 0.321 e. The highest BCUT2D eigenvalue weighted by atomic mass is 28.3. The lowest BCUT2D eigenvalue weighted by atomic mass is 10.5. The summed E-state index contributed by atoms with van der Waals surface area (Å²) in [7, 11) is 0.792. The molecule has 0 unspecified atom stereocenters. The highest BCUT2D eigenvalue weighted by Crippen LogP contribution is 2.01. The zero-order valence-electron chi connectivity index (χ0n) is 13.6. The summed E-state index contributed by atoms with van der Waals surface area (Å²) in [6.45, 7) is 12.8. The van der Waals surface area contributed by atoms with Gasteiger partial charge >= 0.3 is 18.6 Å². The van der Waals surface area contributed by atoms with Gasteiger partial charge in [-0.3, -0.25) is 0 Å². The van der Waals surface area contributed by atoms with E-state index in [9.17, 15) is 0 Å². The maximum Gasteiger partial charge on any atom is 0.321 e. The monoisotopic (exact) mass is 320 g/mol. The third kappa shape index (κ3) is 15.8. The Hall–Kier alpha value is -0.246. The molecule has 120 valence electrons.